The molecule has 1 amide bonds. The predicted molar refractivity (Wildman–Crippen MR) is 117 cm³/mol. The predicted octanol–water partition coefficient (Wildman–Crippen LogP) is 4.27. The number of ether oxygens (including phenoxy) is 1. The van der Waals surface area contributed by atoms with E-state index >= 15 is 0 Å². The minimum absolute atomic E-state index is 0.0282. The molecule has 6 heteroatoms. The van der Waals surface area contributed by atoms with Crippen LogP contribution in [-0.4, -0.2) is 43.1 Å². The Morgan fingerprint density at radius 1 is 1.10 bits per heavy atom. The van der Waals surface area contributed by atoms with E-state index in [9.17, 15) is 9.18 Å². The molecule has 1 heterocycles. The van der Waals surface area contributed by atoms with E-state index in [2.05, 4.69) is 10.2 Å². The first-order valence-electron chi connectivity index (χ1n) is 9.85. The average molecular weight is 410 g/mol. The van der Waals surface area contributed by atoms with E-state index in [0.29, 0.717) is 12.1 Å². The summed E-state index contributed by atoms with van der Waals surface area (Å²) >= 11 is 0. The normalized spacial score (nSPS) is 12.1. The Kier molecular flexibility index (Phi) is 6.57. The number of methoxy groups -OCH3 is 1. The van der Waals surface area contributed by atoms with Crippen LogP contribution in [0.25, 0.3) is 5.69 Å². The van der Waals surface area contributed by atoms with E-state index in [4.69, 9.17) is 4.74 Å². The molecule has 0 fully saturated rings. The number of hydrogen-bond acceptors (Lipinski definition) is 3. The van der Waals surface area contributed by atoms with E-state index < -0.39 is 0 Å². The van der Waals surface area contributed by atoms with Gasteiger partial charge in [-0.05, 0) is 76.0 Å². The highest BCUT2D eigenvalue weighted by Gasteiger charge is 2.20. The zero-order chi connectivity index (χ0) is 21.8. The first-order chi connectivity index (χ1) is 14.3. The van der Waals surface area contributed by atoms with Gasteiger partial charge >= 0.3 is 0 Å². The number of nitrogens with zero attached hydrogens (tertiary/aromatic N) is 2. The molecule has 5 nitrogen and oxygen atoms in total. The molecule has 0 radical (unpaired) electrons. The van der Waals surface area contributed by atoms with Crippen LogP contribution >= 0.6 is 0 Å². The quantitative estimate of drug-likeness (QED) is 0.634. The Morgan fingerprint density at radius 2 is 1.73 bits per heavy atom. The summed E-state index contributed by atoms with van der Waals surface area (Å²) in [7, 11) is 5.62. The van der Waals surface area contributed by atoms with Crippen LogP contribution in [0.5, 0.6) is 5.75 Å². The molecule has 0 spiro atoms. The second-order valence-corrected chi connectivity index (χ2v) is 7.56. The summed E-state index contributed by atoms with van der Waals surface area (Å²) < 4.78 is 20.5. The lowest BCUT2D eigenvalue weighted by atomic mass is 10.1. The zero-order valence-corrected chi connectivity index (χ0v) is 18.1. The molecule has 0 aliphatic heterocycles. The Labute approximate surface area is 177 Å². The van der Waals surface area contributed by atoms with Crippen molar-refractivity contribution in [2.45, 2.75) is 19.9 Å². The number of aromatic nitrogens is 1. The number of rotatable bonds is 7. The standard InChI is InChI=1S/C24H28FN3O2/c1-16-14-22(17(2)28(16)20-10-8-19(25)9-11-20)24(29)26-15-23(27(3)4)18-6-12-21(30-5)13-7-18/h6-14,23H,15H2,1-5H3,(H,26,29). The number of carbonyl (C=O) groups is 1. The van der Waals surface area contributed by atoms with Gasteiger partial charge in [0.05, 0.1) is 18.7 Å². The van der Waals surface area contributed by atoms with Gasteiger partial charge in [0.25, 0.3) is 5.91 Å². The Hall–Kier alpha value is -3.12. The van der Waals surface area contributed by atoms with Crippen LogP contribution in [0.15, 0.2) is 54.6 Å². The van der Waals surface area contributed by atoms with Crippen molar-refractivity contribution in [2.75, 3.05) is 27.7 Å². The van der Waals surface area contributed by atoms with Gasteiger partial charge in [0.15, 0.2) is 0 Å². The highest BCUT2D eigenvalue weighted by molar-refractivity contribution is 5.96. The van der Waals surface area contributed by atoms with Gasteiger partial charge < -0.3 is 19.5 Å². The lowest BCUT2D eigenvalue weighted by molar-refractivity contribution is 0.0941. The first kappa shape index (κ1) is 21.6. The van der Waals surface area contributed by atoms with Gasteiger partial charge in [-0.3, -0.25) is 4.79 Å². The second-order valence-electron chi connectivity index (χ2n) is 7.56. The smallest absolute Gasteiger partial charge is 0.253 e. The molecule has 0 bridgehead atoms. The molecular weight excluding hydrogens is 381 g/mol. The van der Waals surface area contributed by atoms with Gasteiger partial charge in [-0.15, -0.1) is 0 Å². The molecule has 0 aliphatic carbocycles. The lowest BCUT2D eigenvalue weighted by Gasteiger charge is -2.25. The van der Waals surface area contributed by atoms with Crippen molar-refractivity contribution in [2.24, 2.45) is 0 Å². The van der Waals surface area contributed by atoms with Crippen LogP contribution in [0.1, 0.15) is 33.4 Å². The van der Waals surface area contributed by atoms with Gasteiger partial charge in [-0.2, -0.15) is 0 Å². The van der Waals surface area contributed by atoms with Crippen molar-refractivity contribution in [3.63, 3.8) is 0 Å². The maximum Gasteiger partial charge on any atom is 0.253 e. The molecule has 1 atom stereocenters. The number of carbonyl (C=O) groups excluding carboxylic acids is 1. The monoisotopic (exact) mass is 409 g/mol. The van der Waals surface area contributed by atoms with Crippen LogP contribution in [-0.2, 0) is 0 Å². The van der Waals surface area contributed by atoms with Crippen LogP contribution < -0.4 is 10.1 Å². The van der Waals surface area contributed by atoms with E-state index in [-0.39, 0.29) is 17.8 Å². The number of amides is 1. The summed E-state index contributed by atoms with van der Waals surface area (Å²) in [6, 6.07) is 16.0. The van der Waals surface area contributed by atoms with E-state index in [1.165, 1.54) is 12.1 Å². The number of halogens is 1. The van der Waals surface area contributed by atoms with Crippen molar-refractivity contribution >= 4 is 5.91 Å². The summed E-state index contributed by atoms with van der Waals surface area (Å²) in [5.41, 5.74) is 4.28. The molecule has 30 heavy (non-hydrogen) atoms. The maximum atomic E-state index is 13.3. The average Bonchev–Trinajstić information content (AvgIpc) is 3.03. The van der Waals surface area contributed by atoms with Crippen molar-refractivity contribution < 1.29 is 13.9 Å². The summed E-state index contributed by atoms with van der Waals surface area (Å²) in [4.78, 5) is 15.0. The van der Waals surface area contributed by atoms with Gasteiger partial charge in [0.2, 0.25) is 0 Å². The van der Waals surface area contributed by atoms with Crippen LogP contribution in [0, 0.1) is 19.7 Å². The Bertz CT molecular complexity index is 1010. The summed E-state index contributed by atoms with van der Waals surface area (Å²) in [6.45, 7) is 4.31. The zero-order valence-electron chi connectivity index (χ0n) is 18.1. The molecule has 0 saturated carbocycles. The second kappa shape index (κ2) is 9.13. The van der Waals surface area contributed by atoms with Crippen LogP contribution in [0.3, 0.4) is 0 Å². The molecule has 1 unspecified atom stereocenters. The SMILES string of the molecule is COc1ccc(C(CNC(=O)c2cc(C)n(-c3ccc(F)cc3)c2C)N(C)C)cc1. The number of likely N-dealkylation sites (N-methyl/N-ethyl adjacent to an activating group) is 1. The molecule has 158 valence electrons. The number of hydrogen-bond donors (Lipinski definition) is 1. The highest BCUT2D eigenvalue weighted by Crippen LogP contribution is 2.23. The summed E-state index contributed by atoms with van der Waals surface area (Å²) in [5.74, 6) is 0.387. The minimum atomic E-state index is -0.285. The van der Waals surface area contributed by atoms with E-state index in [1.54, 1.807) is 19.2 Å². The number of nitrogens with one attached hydrogen (secondary N) is 1. The molecule has 1 N–H and O–H groups in total. The Morgan fingerprint density at radius 3 is 2.30 bits per heavy atom. The largest absolute Gasteiger partial charge is 0.497 e. The highest BCUT2D eigenvalue weighted by atomic mass is 19.1. The maximum absolute atomic E-state index is 13.3. The molecule has 3 aromatic rings. The van der Waals surface area contributed by atoms with Crippen molar-refractivity contribution in [1.29, 1.82) is 0 Å². The molecule has 0 saturated heterocycles. The van der Waals surface area contributed by atoms with Crippen molar-refractivity contribution in [3.8, 4) is 11.4 Å². The third-order valence-electron chi connectivity index (χ3n) is 5.34. The first-order valence-corrected chi connectivity index (χ1v) is 9.85. The molecule has 1 aromatic heterocycles. The van der Waals surface area contributed by atoms with Gasteiger partial charge in [0.1, 0.15) is 11.6 Å². The summed E-state index contributed by atoms with van der Waals surface area (Å²) in [6.07, 6.45) is 0. The fourth-order valence-corrected chi connectivity index (χ4v) is 3.69. The molecule has 0 aliphatic rings. The third kappa shape index (κ3) is 4.54. The lowest BCUT2D eigenvalue weighted by Crippen LogP contribution is -2.34. The van der Waals surface area contributed by atoms with Gasteiger partial charge in [-0.25, -0.2) is 4.39 Å². The third-order valence-corrected chi connectivity index (χ3v) is 5.34. The van der Waals surface area contributed by atoms with Crippen LogP contribution in [0.2, 0.25) is 0 Å². The molecule has 3 rings (SSSR count). The van der Waals surface area contributed by atoms with Crippen molar-refractivity contribution in [3.05, 3.63) is 82.9 Å². The topological polar surface area (TPSA) is 46.5 Å². The van der Waals surface area contributed by atoms with Gasteiger partial charge in [0, 0.05) is 23.6 Å². The molecule has 2 aromatic carbocycles. The molecular formula is C24H28FN3O2. The summed E-state index contributed by atoms with van der Waals surface area (Å²) in [5, 5.41) is 3.06. The van der Waals surface area contributed by atoms with E-state index in [1.807, 2.05) is 62.8 Å². The fourth-order valence-electron chi connectivity index (χ4n) is 3.69. The van der Waals surface area contributed by atoms with Gasteiger partial charge in [-0.1, -0.05) is 12.1 Å². The minimum Gasteiger partial charge on any atom is -0.497 e. The van der Waals surface area contributed by atoms with E-state index in [0.717, 1.165) is 28.4 Å². The van der Waals surface area contributed by atoms with Crippen LogP contribution in [0.4, 0.5) is 4.39 Å². The number of benzene rings is 2. The fraction of sp³-hybridized carbons (Fsp3) is 0.292. The number of aryl methyl sites for hydroxylation is 1. The van der Waals surface area contributed by atoms with Crippen molar-refractivity contribution in [1.82, 2.24) is 14.8 Å². The Balaban J connectivity index is 1.78.